The van der Waals surface area contributed by atoms with Crippen LogP contribution in [0.2, 0.25) is 10.0 Å². The zero-order chi connectivity index (χ0) is 15.1. The second-order valence-corrected chi connectivity index (χ2v) is 7.03. The highest BCUT2D eigenvalue weighted by Crippen LogP contribution is 2.23. The molecule has 1 aromatic heterocycles. The summed E-state index contributed by atoms with van der Waals surface area (Å²) in [5.74, 6) is 0. The predicted molar refractivity (Wildman–Crippen MR) is 94.9 cm³/mol. The molecule has 0 spiro atoms. The molecule has 1 nitrogen and oxygen atoms in total. The number of likely N-dealkylation sites (N-methyl/N-ethyl adjacent to an activating group) is 1. The SMILES string of the molecule is CCNC(CCCc1cccs1)Cc1ccc(Cl)c(Cl)c1. The van der Waals surface area contributed by atoms with E-state index in [1.165, 1.54) is 29.7 Å². The molecule has 2 rings (SSSR count). The third-order valence-electron chi connectivity index (χ3n) is 3.51. The van der Waals surface area contributed by atoms with Crippen molar-refractivity contribution in [1.29, 1.82) is 0 Å². The van der Waals surface area contributed by atoms with Gasteiger partial charge in [-0.1, -0.05) is 42.3 Å². The summed E-state index contributed by atoms with van der Waals surface area (Å²) >= 11 is 13.9. The molecule has 114 valence electrons. The van der Waals surface area contributed by atoms with Crippen molar-refractivity contribution in [2.24, 2.45) is 0 Å². The molecule has 1 aromatic carbocycles. The number of nitrogens with one attached hydrogen (secondary N) is 1. The molecular weight excluding hydrogens is 321 g/mol. The highest BCUT2D eigenvalue weighted by atomic mass is 35.5. The molecule has 1 heterocycles. The highest BCUT2D eigenvalue weighted by Gasteiger charge is 2.10. The lowest BCUT2D eigenvalue weighted by Gasteiger charge is -2.18. The Kier molecular flexibility index (Phi) is 7.05. The summed E-state index contributed by atoms with van der Waals surface area (Å²) in [5, 5.41) is 6.98. The largest absolute Gasteiger partial charge is 0.314 e. The number of rotatable bonds is 8. The molecule has 0 bridgehead atoms. The minimum atomic E-state index is 0.493. The van der Waals surface area contributed by atoms with Crippen molar-refractivity contribution in [3.05, 3.63) is 56.2 Å². The van der Waals surface area contributed by atoms with Crippen molar-refractivity contribution in [2.75, 3.05) is 6.54 Å². The maximum absolute atomic E-state index is 6.10. The zero-order valence-corrected chi connectivity index (χ0v) is 14.6. The van der Waals surface area contributed by atoms with E-state index in [-0.39, 0.29) is 0 Å². The minimum Gasteiger partial charge on any atom is -0.314 e. The van der Waals surface area contributed by atoms with Crippen LogP contribution in [0.25, 0.3) is 0 Å². The molecule has 0 aliphatic heterocycles. The summed E-state index contributed by atoms with van der Waals surface area (Å²) in [6.07, 6.45) is 4.54. The Labute approximate surface area is 141 Å². The second-order valence-electron chi connectivity index (χ2n) is 5.18. The van der Waals surface area contributed by atoms with Crippen molar-refractivity contribution < 1.29 is 0 Å². The Morgan fingerprint density at radius 1 is 1.19 bits per heavy atom. The summed E-state index contributed by atoms with van der Waals surface area (Å²) in [6.45, 7) is 3.14. The first-order chi connectivity index (χ1) is 10.2. The van der Waals surface area contributed by atoms with Crippen molar-refractivity contribution in [3.8, 4) is 0 Å². The molecule has 0 aliphatic carbocycles. The van der Waals surface area contributed by atoms with Gasteiger partial charge < -0.3 is 5.32 Å². The van der Waals surface area contributed by atoms with E-state index in [0.29, 0.717) is 16.1 Å². The quantitative estimate of drug-likeness (QED) is 0.658. The third kappa shape index (κ3) is 5.63. The van der Waals surface area contributed by atoms with Crippen LogP contribution < -0.4 is 5.32 Å². The van der Waals surface area contributed by atoms with Gasteiger partial charge in [0.1, 0.15) is 0 Å². The van der Waals surface area contributed by atoms with Gasteiger partial charge in [0.15, 0.2) is 0 Å². The molecule has 1 N–H and O–H groups in total. The van der Waals surface area contributed by atoms with Gasteiger partial charge >= 0.3 is 0 Å². The van der Waals surface area contributed by atoms with Gasteiger partial charge in [-0.15, -0.1) is 11.3 Å². The monoisotopic (exact) mass is 341 g/mol. The molecule has 0 fully saturated rings. The summed E-state index contributed by atoms with van der Waals surface area (Å²) in [5.41, 5.74) is 1.24. The minimum absolute atomic E-state index is 0.493. The maximum Gasteiger partial charge on any atom is 0.0595 e. The Hall–Kier alpha value is -0.540. The number of thiophene rings is 1. The number of hydrogen-bond donors (Lipinski definition) is 1. The van der Waals surface area contributed by atoms with Crippen LogP contribution in [-0.2, 0) is 12.8 Å². The first-order valence-electron chi connectivity index (χ1n) is 7.38. The van der Waals surface area contributed by atoms with Crippen LogP contribution in [0.1, 0.15) is 30.2 Å². The molecule has 4 heteroatoms. The average molecular weight is 342 g/mol. The second kappa shape index (κ2) is 8.79. The molecule has 0 radical (unpaired) electrons. The van der Waals surface area contributed by atoms with Crippen LogP contribution in [0.5, 0.6) is 0 Å². The Bertz CT molecular complexity index is 540. The van der Waals surface area contributed by atoms with Gasteiger partial charge in [-0.25, -0.2) is 0 Å². The van der Waals surface area contributed by atoms with Crippen molar-refractivity contribution in [1.82, 2.24) is 5.32 Å². The topological polar surface area (TPSA) is 12.0 Å². The summed E-state index contributed by atoms with van der Waals surface area (Å²) in [6, 6.07) is 10.8. The van der Waals surface area contributed by atoms with E-state index in [0.717, 1.165) is 13.0 Å². The number of hydrogen-bond acceptors (Lipinski definition) is 2. The zero-order valence-electron chi connectivity index (χ0n) is 12.2. The highest BCUT2D eigenvalue weighted by molar-refractivity contribution is 7.09. The Morgan fingerprint density at radius 2 is 2.05 bits per heavy atom. The Morgan fingerprint density at radius 3 is 2.71 bits per heavy atom. The molecule has 0 saturated heterocycles. The smallest absolute Gasteiger partial charge is 0.0595 e. The van der Waals surface area contributed by atoms with Crippen LogP contribution in [0.4, 0.5) is 0 Å². The molecule has 0 amide bonds. The normalized spacial score (nSPS) is 12.5. The first kappa shape index (κ1) is 16.8. The first-order valence-corrected chi connectivity index (χ1v) is 9.02. The average Bonchev–Trinajstić information content (AvgIpc) is 2.96. The molecule has 1 atom stereocenters. The van der Waals surface area contributed by atoms with Gasteiger partial charge in [0.2, 0.25) is 0 Å². The van der Waals surface area contributed by atoms with Gasteiger partial charge in [-0.3, -0.25) is 0 Å². The van der Waals surface area contributed by atoms with Crippen molar-refractivity contribution in [2.45, 2.75) is 38.6 Å². The molecule has 0 aliphatic rings. The fourth-order valence-corrected chi connectivity index (χ4v) is 3.57. The fourth-order valence-electron chi connectivity index (χ4n) is 2.49. The van der Waals surface area contributed by atoms with E-state index in [4.69, 9.17) is 23.2 Å². The van der Waals surface area contributed by atoms with Gasteiger partial charge in [-0.2, -0.15) is 0 Å². The summed E-state index contributed by atoms with van der Waals surface area (Å²) in [7, 11) is 0. The number of aryl methyl sites for hydroxylation is 1. The van der Waals surface area contributed by atoms with Crippen LogP contribution in [-0.4, -0.2) is 12.6 Å². The number of halogens is 2. The Balaban J connectivity index is 1.87. The van der Waals surface area contributed by atoms with Crippen LogP contribution in [0.3, 0.4) is 0 Å². The molecule has 2 aromatic rings. The predicted octanol–water partition coefficient (Wildman–Crippen LogP) is 5.60. The number of benzene rings is 1. The van der Waals surface area contributed by atoms with Crippen LogP contribution in [0.15, 0.2) is 35.7 Å². The van der Waals surface area contributed by atoms with Crippen LogP contribution >= 0.6 is 34.5 Å². The molecule has 21 heavy (non-hydrogen) atoms. The molecular formula is C17H21Cl2NS. The lowest BCUT2D eigenvalue weighted by atomic mass is 10.0. The summed E-state index contributed by atoms with van der Waals surface area (Å²) in [4.78, 5) is 1.47. The van der Waals surface area contributed by atoms with Crippen molar-refractivity contribution >= 4 is 34.5 Å². The van der Waals surface area contributed by atoms with E-state index in [9.17, 15) is 0 Å². The standard InChI is InChI=1S/C17H21Cl2NS/c1-2-20-14(5-3-6-15-7-4-10-21-15)11-13-8-9-16(18)17(19)12-13/h4,7-10,12,14,20H,2-3,5-6,11H2,1H3. The maximum atomic E-state index is 6.10. The molecule has 1 unspecified atom stereocenters. The van der Waals surface area contributed by atoms with Gasteiger partial charge in [0.25, 0.3) is 0 Å². The molecule has 0 saturated carbocycles. The lowest BCUT2D eigenvalue weighted by molar-refractivity contribution is 0.477. The third-order valence-corrected chi connectivity index (χ3v) is 5.19. The van der Waals surface area contributed by atoms with Gasteiger partial charge in [-0.05, 0) is 61.4 Å². The van der Waals surface area contributed by atoms with E-state index in [2.05, 4.69) is 35.8 Å². The van der Waals surface area contributed by atoms with E-state index < -0.39 is 0 Å². The van der Waals surface area contributed by atoms with E-state index in [1.54, 1.807) is 0 Å². The fraction of sp³-hybridized carbons (Fsp3) is 0.412. The van der Waals surface area contributed by atoms with Crippen molar-refractivity contribution in [3.63, 3.8) is 0 Å². The van der Waals surface area contributed by atoms with E-state index >= 15 is 0 Å². The van der Waals surface area contributed by atoms with Crippen LogP contribution in [0, 0.1) is 0 Å². The van der Waals surface area contributed by atoms with Gasteiger partial charge in [0.05, 0.1) is 10.0 Å². The summed E-state index contributed by atoms with van der Waals surface area (Å²) < 4.78 is 0. The van der Waals surface area contributed by atoms with Gasteiger partial charge in [0, 0.05) is 10.9 Å². The lowest BCUT2D eigenvalue weighted by Crippen LogP contribution is -2.31. The van der Waals surface area contributed by atoms with E-state index in [1.807, 2.05) is 23.5 Å².